The van der Waals surface area contributed by atoms with Gasteiger partial charge >= 0.3 is 0 Å². The zero-order chi connectivity index (χ0) is 15.4. The molecular weight excluding hydrogens is 328 g/mol. The highest BCUT2D eigenvalue weighted by Crippen LogP contribution is 2.24. The van der Waals surface area contributed by atoms with Crippen molar-refractivity contribution in [2.75, 3.05) is 6.54 Å². The SMILES string of the molecule is CCNC(CC)c1nnn(-c2ccc(Br)cc2C)c1CC. The largest absolute Gasteiger partial charge is 0.309 e. The van der Waals surface area contributed by atoms with Crippen molar-refractivity contribution in [2.45, 2.75) is 46.6 Å². The standard InChI is InChI=1S/C16H23BrN4/c1-5-13(18-7-3)16-14(6-2)21(20-19-16)15-9-8-12(17)10-11(15)4/h8-10,13,18H,5-7H2,1-4H3. The minimum Gasteiger partial charge on any atom is -0.309 e. The molecule has 0 aliphatic heterocycles. The van der Waals surface area contributed by atoms with Gasteiger partial charge in [-0.2, -0.15) is 0 Å². The van der Waals surface area contributed by atoms with E-state index in [4.69, 9.17) is 0 Å². The summed E-state index contributed by atoms with van der Waals surface area (Å²) < 4.78 is 3.07. The van der Waals surface area contributed by atoms with Crippen LogP contribution in [0.3, 0.4) is 0 Å². The highest BCUT2D eigenvalue weighted by molar-refractivity contribution is 9.10. The first kappa shape index (κ1) is 16.2. The first-order valence-electron chi connectivity index (χ1n) is 7.56. The summed E-state index contributed by atoms with van der Waals surface area (Å²) in [4.78, 5) is 0. The van der Waals surface area contributed by atoms with Gasteiger partial charge in [0.15, 0.2) is 0 Å². The lowest BCUT2D eigenvalue weighted by Gasteiger charge is -2.15. The van der Waals surface area contributed by atoms with E-state index in [1.165, 1.54) is 11.3 Å². The predicted octanol–water partition coefficient (Wildman–Crippen LogP) is 3.96. The predicted molar refractivity (Wildman–Crippen MR) is 89.9 cm³/mol. The van der Waals surface area contributed by atoms with E-state index in [2.05, 4.69) is 71.4 Å². The van der Waals surface area contributed by atoms with Gasteiger partial charge in [0, 0.05) is 4.47 Å². The van der Waals surface area contributed by atoms with Gasteiger partial charge in [-0.25, -0.2) is 4.68 Å². The highest BCUT2D eigenvalue weighted by atomic mass is 79.9. The Bertz CT molecular complexity index is 606. The summed E-state index contributed by atoms with van der Waals surface area (Å²) in [7, 11) is 0. The fraction of sp³-hybridized carbons (Fsp3) is 0.500. The van der Waals surface area contributed by atoms with Crippen molar-refractivity contribution in [1.82, 2.24) is 20.3 Å². The summed E-state index contributed by atoms with van der Waals surface area (Å²) in [6, 6.07) is 6.52. The average Bonchev–Trinajstić information content (AvgIpc) is 2.88. The van der Waals surface area contributed by atoms with Gasteiger partial charge in [0.2, 0.25) is 0 Å². The fourth-order valence-corrected chi connectivity index (χ4v) is 3.12. The summed E-state index contributed by atoms with van der Waals surface area (Å²) in [5, 5.41) is 12.4. The van der Waals surface area contributed by atoms with E-state index < -0.39 is 0 Å². The molecule has 1 atom stereocenters. The molecule has 1 aromatic heterocycles. The molecule has 0 fully saturated rings. The van der Waals surface area contributed by atoms with Crippen LogP contribution in [0.25, 0.3) is 5.69 Å². The lowest BCUT2D eigenvalue weighted by Crippen LogP contribution is -2.21. The van der Waals surface area contributed by atoms with Gasteiger partial charge in [-0.3, -0.25) is 0 Å². The number of aromatic nitrogens is 3. The van der Waals surface area contributed by atoms with Crippen LogP contribution < -0.4 is 5.32 Å². The van der Waals surface area contributed by atoms with Crippen LogP contribution in [0.15, 0.2) is 22.7 Å². The quantitative estimate of drug-likeness (QED) is 0.857. The number of rotatable bonds is 6. The molecule has 0 spiro atoms. The first-order chi connectivity index (χ1) is 10.1. The van der Waals surface area contributed by atoms with Crippen LogP contribution in [-0.4, -0.2) is 21.5 Å². The maximum atomic E-state index is 4.46. The fourth-order valence-electron chi connectivity index (χ4n) is 2.65. The summed E-state index contributed by atoms with van der Waals surface area (Å²) in [5.74, 6) is 0. The normalized spacial score (nSPS) is 12.6. The second-order valence-electron chi connectivity index (χ2n) is 5.14. The van der Waals surface area contributed by atoms with Gasteiger partial charge in [-0.05, 0) is 50.1 Å². The number of nitrogens with zero attached hydrogens (tertiary/aromatic N) is 3. The van der Waals surface area contributed by atoms with Crippen LogP contribution in [0.2, 0.25) is 0 Å². The van der Waals surface area contributed by atoms with Gasteiger partial charge < -0.3 is 5.32 Å². The molecular formula is C16H23BrN4. The molecule has 4 nitrogen and oxygen atoms in total. The van der Waals surface area contributed by atoms with Crippen molar-refractivity contribution in [3.05, 3.63) is 39.6 Å². The van der Waals surface area contributed by atoms with E-state index in [9.17, 15) is 0 Å². The molecule has 0 aliphatic rings. The minimum atomic E-state index is 0.273. The van der Waals surface area contributed by atoms with Gasteiger partial charge in [0.25, 0.3) is 0 Å². The minimum absolute atomic E-state index is 0.273. The third-order valence-electron chi connectivity index (χ3n) is 3.70. The van der Waals surface area contributed by atoms with Crippen molar-refractivity contribution in [3.63, 3.8) is 0 Å². The van der Waals surface area contributed by atoms with Crippen molar-refractivity contribution in [3.8, 4) is 5.69 Å². The van der Waals surface area contributed by atoms with E-state index in [1.807, 2.05) is 10.7 Å². The van der Waals surface area contributed by atoms with E-state index in [0.29, 0.717) is 0 Å². The van der Waals surface area contributed by atoms with Crippen LogP contribution in [0.1, 0.15) is 50.2 Å². The maximum absolute atomic E-state index is 4.46. The second kappa shape index (κ2) is 7.18. The van der Waals surface area contributed by atoms with Crippen molar-refractivity contribution in [2.24, 2.45) is 0 Å². The molecule has 2 aromatic rings. The Hall–Kier alpha value is -1.20. The molecule has 5 heteroatoms. The zero-order valence-electron chi connectivity index (χ0n) is 13.2. The van der Waals surface area contributed by atoms with Crippen molar-refractivity contribution in [1.29, 1.82) is 0 Å². The second-order valence-corrected chi connectivity index (χ2v) is 6.05. The molecule has 1 aromatic carbocycles. The maximum Gasteiger partial charge on any atom is 0.103 e. The van der Waals surface area contributed by atoms with Crippen LogP contribution in [0.5, 0.6) is 0 Å². The summed E-state index contributed by atoms with van der Waals surface area (Å²) >= 11 is 3.51. The molecule has 0 bridgehead atoms. The van der Waals surface area contributed by atoms with E-state index >= 15 is 0 Å². The number of halogens is 1. The Morgan fingerprint density at radius 2 is 2.05 bits per heavy atom. The van der Waals surface area contributed by atoms with E-state index in [-0.39, 0.29) is 6.04 Å². The number of hydrogen-bond donors (Lipinski definition) is 1. The van der Waals surface area contributed by atoms with Crippen LogP contribution in [-0.2, 0) is 6.42 Å². The third kappa shape index (κ3) is 3.35. The third-order valence-corrected chi connectivity index (χ3v) is 4.20. The van der Waals surface area contributed by atoms with Crippen LogP contribution >= 0.6 is 15.9 Å². The molecule has 0 saturated heterocycles. The molecule has 0 aliphatic carbocycles. The molecule has 21 heavy (non-hydrogen) atoms. The molecule has 2 rings (SSSR count). The van der Waals surface area contributed by atoms with Crippen LogP contribution in [0.4, 0.5) is 0 Å². The van der Waals surface area contributed by atoms with E-state index in [1.54, 1.807) is 0 Å². The Kier molecular flexibility index (Phi) is 5.53. The van der Waals surface area contributed by atoms with Gasteiger partial charge in [0.05, 0.1) is 17.4 Å². The lowest BCUT2D eigenvalue weighted by atomic mass is 10.1. The number of aryl methyl sites for hydroxylation is 1. The summed E-state index contributed by atoms with van der Waals surface area (Å²) in [5.41, 5.74) is 4.55. The Morgan fingerprint density at radius 1 is 1.29 bits per heavy atom. The Labute approximate surface area is 135 Å². The Morgan fingerprint density at radius 3 is 2.62 bits per heavy atom. The van der Waals surface area contributed by atoms with Gasteiger partial charge in [0.1, 0.15) is 5.69 Å². The molecule has 0 saturated carbocycles. The van der Waals surface area contributed by atoms with Crippen molar-refractivity contribution >= 4 is 15.9 Å². The molecule has 114 valence electrons. The topological polar surface area (TPSA) is 42.7 Å². The van der Waals surface area contributed by atoms with Crippen molar-refractivity contribution < 1.29 is 0 Å². The highest BCUT2D eigenvalue weighted by Gasteiger charge is 2.20. The van der Waals surface area contributed by atoms with Gasteiger partial charge in [-0.15, -0.1) is 5.10 Å². The number of nitrogens with one attached hydrogen (secondary N) is 1. The number of hydrogen-bond acceptors (Lipinski definition) is 3. The monoisotopic (exact) mass is 350 g/mol. The Balaban J connectivity index is 2.48. The molecule has 0 radical (unpaired) electrons. The summed E-state index contributed by atoms with van der Waals surface area (Å²) in [6.07, 6.45) is 1.93. The molecule has 1 heterocycles. The lowest BCUT2D eigenvalue weighted by molar-refractivity contribution is 0.520. The number of benzene rings is 1. The average molecular weight is 351 g/mol. The smallest absolute Gasteiger partial charge is 0.103 e. The molecule has 0 amide bonds. The molecule has 1 N–H and O–H groups in total. The van der Waals surface area contributed by atoms with E-state index in [0.717, 1.165) is 35.2 Å². The summed E-state index contributed by atoms with van der Waals surface area (Å²) in [6.45, 7) is 9.49. The first-order valence-corrected chi connectivity index (χ1v) is 8.35. The molecule has 1 unspecified atom stereocenters. The van der Waals surface area contributed by atoms with Gasteiger partial charge in [-0.1, -0.05) is 41.9 Å². The van der Waals surface area contributed by atoms with Crippen LogP contribution in [0, 0.1) is 6.92 Å². The zero-order valence-corrected chi connectivity index (χ0v) is 14.7.